The number of nitrogens with zero attached hydrogens (tertiary/aromatic N) is 4. The largest absolute Gasteiger partial charge is 0.308 e. The van der Waals surface area contributed by atoms with Gasteiger partial charge in [-0.05, 0) is 82.2 Å². The Labute approximate surface area is 230 Å². The summed E-state index contributed by atoms with van der Waals surface area (Å²) >= 11 is 1.50. The first-order valence-corrected chi connectivity index (χ1v) is 14.8. The number of hydrogen-bond donors (Lipinski definition) is 0. The number of fused-ring (bicyclic) bond motifs is 1. The first kappa shape index (κ1) is 29.5. The van der Waals surface area contributed by atoms with E-state index >= 15 is 0 Å². The van der Waals surface area contributed by atoms with Gasteiger partial charge in [-0.15, -0.1) is 12.4 Å². The molecule has 1 aromatic heterocycles. The Balaban J connectivity index is 0.00000380. The number of sulfonamides is 1. The molecule has 202 valence electrons. The van der Waals surface area contributed by atoms with E-state index in [1.165, 1.54) is 27.6 Å². The van der Waals surface area contributed by atoms with E-state index in [9.17, 15) is 13.2 Å². The second kappa shape index (κ2) is 12.2. The molecule has 2 aromatic carbocycles. The summed E-state index contributed by atoms with van der Waals surface area (Å²) in [6.07, 6.45) is 5.08. The van der Waals surface area contributed by atoms with E-state index in [0.717, 1.165) is 41.5 Å². The predicted molar refractivity (Wildman–Crippen MR) is 155 cm³/mol. The minimum Gasteiger partial charge on any atom is -0.308 e. The summed E-state index contributed by atoms with van der Waals surface area (Å²) in [6.45, 7) is 5.27. The summed E-state index contributed by atoms with van der Waals surface area (Å²) in [5.41, 5.74) is 3.65. The standard InChI is InChI=1S/C27H36N4O3S2.ClH/c1-19-11-16-24-25(20(19)2)28-27(35-24)31(18-17-29(3)4)26(32)21-12-14-23(15-13-21)36(33,34)30(5)22-9-7-6-8-10-22;/h11-16,22H,6-10,17-18H2,1-5H3;1H. The normalized spacial score (nSPS) is 14.8. The number of aryl methyl sites for hydroxylation is 2. The number of hydrogen-bond acceptors (Lipinski definition) is 6. The van der Waals surface area contributed by atoms with Crippen molar-refractivity contribution in [3.05, 3.63) is 53.1 Å². The van der Waals surface area contributed by atoms with Crippen molar-refractivity contribution in [3.8, 4) is 0 Å². The third kappa shape index (κ3) is 6.34. The number of halogens is 1. The van der Waals surface area contributed by atoms with E-state index in [2.05, 4.69) is 26.0 Å². The average Bonchev–Trinajstić information content (AvgIpc) is 3.31. The van der Waals surface area contributed by atoms with Crippen LogP contribution < -0.4 is 4.90 Å². The summed E-state index contributed by atoms with van der Waals surface area (Å²) < 4.78 is 29.0. The molecule has 10 heteroatoms. The fraction of sp³-hybridized carbons (Fsp3) is 0.481. The molecule has 0 unspecified atom stereocenters. The van der Waals surface area contributed by atoms with Crippen LogP contribution in [0, 0.1) is 13.8 Å². The van der Waals surface area contributed by atoms with E-state index < -0.39 is 10.0 Å². The molecule has 0 aliphatic heterocycles. The topological polar surface area (TPSA) is 73.8 Å². The van der Waals surface area contributed by atoms with Gasteiger partial charge in [-0.3, -0.25) is 9.69 Å². The van der Waals surface area contributed by atoms with Crippen molar-refractivity contribution < 1.29 is 13.2 Å². The molecule has 0 saturated heterocycles. The minimum absolute atomic E-state index is 0. The van der Waals surface area contributed by atoms with Crippen LogP contribution in [0.5, 0.6) is 0 Å². The molecule has 1 aliphatic rings. The summed E-state index contributed by atoms with van der Waals surface area (Å²) in [6, 6.07) is 10.5. The maximum atomic E-state index is 13.6. The zero-order valence-electron chi connectivity index (χ0n) is 22.2. The fourth-order valence-electron chi connectivity index (χ4n) is 4.65. The zero-order chi connectivity index (χ0) is 26.0. The van der Waals surface area contributed by atoms with Crippen molar-refractivity contribution in [3.63, 3.8) is 0 Å². The van der Waals surface area contributed by atoms with E-state index in [1.807, 2.05) is 19.0 Å². The second-order valence-electron chi connectivity index (χ2n) is 9.95. The highest BCUT2D eigenvalue weighted by atomic mass is 35.5. The second-order valence-corrected chi connectivity index (χ2v) is 13.0. The molecule has 0 spiro atoms. The zero-order valence-corrected chi connectivity index (χ0v) is 24.7. The lowest BCUT2D eigenvalue weighted by Gasteiger charge is -2.30. The van der Waals surface area contributed by atoms with Crippen LogP contribution in [0.4, 0.5) is 5.13 Å². The molecule has 0 atom stereocenters. The van der Waals surface area contributed by atoms with Crippen molar-refractivity contribution in [2.75, 3.05) is 39.1 Å². The average molecular weight is 565 g/mol. The van der Waals surface area contributed by atoms with Crippen LogP contribution in [0.2, 0.25) is 0 Å². The van der Waals surface area contributed by atoms with Gasteiger partial charge in [0.05, 0.1) is 15.1 Å². The number of benzene rings is 2. The molecule has 4 rings (SSSR count). The lowest BCUT2D eigenvalue weighted by Crippen LogP contribution is -2.38. The molecular formula is C27H37ClN4O3S2. The van der Waals surface area contributed by atoms with E-state index in [4.69, 9.17) is 4.98 Å². The monoisotopic (exact) mass is 564 g/mol. The van der Waals surface area contributed by atoms with Crippen LogP contribution in [-0.2, 0) is 10.0 Å². The lowest BCUT2D eigenvalue weighted by atomic mass is 9.96. The number of likely N-dealkylation sites (N-methyl/N-ethyl adjacent to an activating group) is 1. The highest BCUT2D eigenvalue weighted by Gasteiger charge is 2.29. The minimum atomic E-state index is -3.61. The first-order chi connectivity index (χ1) is 17.1. The van der Waals surface area contributed by atoms with E-state index in [0.29, 0.717) is 23.8 Å². The van der Waals surface area contributed by atoms with Crippen LogP contribution in [0.25, 0.3) is 10.2 Å². The SMILES string of the molecule is Cc1ccc2sc(N(CCN(C)C)C(=O)c3ccc(S(=O)(=O)N(C)C4CCCCC4)cc3)nc2c1C.Cl. The molecule has 0 bridgehead atoms. The number of anilines is 1. The molecular weight excluding hydrogens is 528 g/mol. The lowest BCUT2D eigenvalue weighted by molar-refractivity contribution is 0.0985. The Morgan fingerprint density at radius 1 is 0.973 bits per heavy atom. The van der Waals surface area contributed by atoms with Crippen molar-refractivity contribution in [1.29, 1.82) is 0 Å². The quantitative estimate of drug-likeness (QED) is 0.361. The number of carbonyl (C=O) groups excluding carboxylic acids is 1. The number of aromatic nitrogens is 1. The van der Waals surface area contributed by atoms with Gasteiger partial charge in [0, 0.05) is 31.7 Å². The molecule has 0 N–H and O–H groups in total. The number of thiazole rings is 1. The number of rotatable bonds is 8. The van der Waals surface area contributed by atoms with Gasteiger partial charge in [-0.25, -0.2) is 13.4 Å². The van der Waals surface area contributed by atoms with Crippen LogP contribution >= 0.6 is 23.7 Å². The van der Waals surface area contributed by atoms with Gasteiger partial charge in [0.15, 0.2) is 5.13 Å². The molecule has 3 aromatic rings. The van der Waals surface area contributed by atoms with Gasteiger partial charge in [0.2, 0.25) is 10.0 Å². The van der Waals surface area contributed by atoms with Crippen molar-refractivity contribution in [2.45, 2.75) is 56.9 Å². The van der Waals surface area contributed by atoms with Gasteiger partial charge in [-0.1, -0.05) is 36.7 Å². The molecule has 1 heterocycles. The summed E-state index contributed by atoms with van der Waals surface area (Å²) in [4.78, 5) is 22.4. The van der Waals surface area contributed by atoms with Crippen LogP contribution in [0.15, 0.2) is 41.3 Å². The Morgan fingerprint density at radius 3 is 2.24 bits per heavy atom. The summed E-state index contributed by atoms with van der Waals surface area (Å²) in [7, 11) is 2.00. The Morgan fingerprint density at radius 2 is 1.62 bits per heavy atom. The highest BCUT2D eigenvalue weighted by molar-refractivity contribution is 7.89. The Bertz CT molecular complexity index is 1330. The highest BCUT2D eigenvalue weighted by Crippen LogP contribution is 2.33. The van der Waals surface area contributed by atoms with Gasteiger partial charge < -0.3 is 4.90 Å². The molecule has 0 radical (unpaired) electrons. The molecule has 1 amide bonds. The van der Waals surface area contributed by atoms with Crippen molar-refractivity contribution in [1.82, 2.24) is 14.2 Å². The molecule has 1 aliphatic carbocycles. The maximum Gasteiger partial charge on any atom is 0.260 e. The molecule has 7 nitrogen and oxygen atoms in total. The fourth-order valence-corrected chi connectivity index (χ4v) is 7.11. The predicted octanol–water partition coefficient (Wildman–Crippen LogP) is 5.50. The van der Waals surface area contributed by atoms with Crippen molar-refractivity contribution in [2.24, 2.45) is 0 Å². The van der Waals surface area contributed by atoms with Crippen molar-refractivity contribution >= 4 is 55.0 Å². The van der Waals surface area contributed by atoms with Gasteiger partial charge in [-0.2, -0.15) is 4.31 Å². The number of amides is 1. The molecule has 1 fully saturated rings. The maximum absolute atomic E-state index is 13.6. The summed E-state index contributed by atoms with van der Waals surface area (Å²) in [5, 5.41) is 0.652. The van der Waals surface area contributed by atoms with Crippen LogP contribution in [0.1, 0.15) is 53.6 Å². The van der Waals surface area contributed by atoms with Gasteiger partial charge in [0.25, 0.3) is 5.91 Å². The number of carbonyl (C=O) groups is 1. The smallest absolute Gasteiger partial charge is 0.260 e. The Kier molecular flexibility index (Phi) is 9.74. The first-order valence-electron chi connectivity index (χ1n) is 12.5. The van der Waals surface area contributed by atoms with Gasteiger partial charge in [0.1, 0.15) is 0 Å². The van der Waals surface area contributed by atoms with Crippen LogP contribution in [0.3, 0.4) is 0 Å². The van der Waals surface area contributed by atoms with Crippen LogP contribution in [-0.4, -0.2) is 68.8 Å². The van der Waals surface area contributed by atoms with E-state index in [1.54, 1.807) is 36.2 Å². The van der Waals surface area contributed by atoms with E-state index in [-0.39, 0.29) is 29.3 Å². The third-order valence-corrected chi connectivity index (χ3v) is 10.2. The third-order valence-electron chi connectivity index (χ3n) is 7.19. The Hall–Kier alpha value is -2.04. The van der Waals surface area contributed by atoms with Gasteiger partial charge >= 0.3 is 0 Å². The molecule has 1 saturated carbocycles. The molecule has 37 heavy (non-hydrogen) atoms. The summed E-state index contributed by atoms with van der Waals surface area (Å²) in [5.74, 6) is -0.185.